The van der Waals surface area contributed by atoms with E-state index in [9.17, 15) is 4.79 Å². The SMILES string of the molecule is CN(CCCBr)C(=O)c1ccc(Cl)cc1Cl. The molecule has 0 spiro atoms. The predicted octanol–water partition coefficient (Wildman–Crippen LogP) is 3.85. The highest BCUT2D eigenvalue weighted by molar-refractivity contribution is 9.09. The van der Waals surface area contributed by atoms with Crippen LogP contribution in [0.5, 0.6) is 0 Å². The van der Waals surface area contributed by atoms with Crippen LogP contribution in [0.1, 0.15) is 16.8 Å². The summed E-state index contributed by atoms with van der Waals surface area (Å²) in [5, 5.41) is 1.80. The quantitative estimate of drug-likeness (QED) is 0.770. The van der Waals surface area contributed by atoms with Gasteiger partial charge in [0.05, 0.1) is 10.6 Å². The summed E-state index contributed by atoms with van der Waals surface area (Å²) < 4.78 is 0. The Morgan fingerprint density at radius 3 is 2.69 bits per heavy atom. The lowest BCUT2D eigenvalue weighted by molar-refractivity contribution is 0.0796. The number of hydrogen-bond donors (Lipinski definition) is 0. The van der Waals surface area contributed by atoms with Crippen LogP contribution in [0.25, 0.3) is 0 Å². The van der Waals surface area contributed by atoms with Crippen molar-refractivity contribution in [1.82, 2.24) is 4.90 Å². The molecular formula is C11H12BrCl2NO. The average Bonchev–Trinajstić information content (AvgIpc) is 2.25. The van der Waals surface area contributed by atoms with Crippen LogP contribution in [0.2, 0.25) is 10.0 Å². The molecule has 0 aromatic heterocycles. The lowest BCUT2D eigenvalue weighted by Gasteiger charge is -2.17. The van der Waals surface area contributed by atoms with Gasteiger partial charge in [-0.25, -0.2) is 0 Å². The van der Waals surface area contributed by atoms with Gasteiger partial charge in [0, 0.05) is 23.9 Å². The van der Waals surface area contributed by atoms with Gasteiger partial charge in [0.2, 0.25) is 0 Å². The van der Waals surface area contributed by atoms with Gasteiger partial charge in [-0.1, -0.05) is 39.1 Å². The van der Waals surface area contributed by atoms with Crippen molar-refractivity contribution in [3.63, 3.8) is 0 Å². The lowest BCUT2D eigenvalue weighted by Crippen LogP contribution is -2.28. The number of halogens is 3. The zero-order valence-electron chi connectivity index (χ0n) is 8.84. The third kappa shape index (κ3) is 3.65. The summed E-state index contributed by atoms with van der Waals surface area (Å²) in [6.07, 6.45) is 0.910. The highest BCUT2D eigenvalue weighted by Gasteiger charge is 2.14. The highest BCUT2D eigenvalue weighted by Crippen LogP contribution is 2.22. The Morgan fingerprint density at radius 2 is 2.12 bits per heavy atom. The smallest absolute Gasteiger partial charge is 0.255 e. The van der Waals surface area contributed by atoms with E-state index in [0.29, 0.717) is 22.2 Å². The fourth-order valence-corrected chi connectivity index (χ4v) is 2.01. The molecule has 0 saturated heterocycles. The summed E-state index contributed by atoms with van der Waals surface area (Å²) in [5.41, 5.74) is 0.489. The Kier molecular flexibility index (Phi) is 5.59. The third-order valence-electron chi connectivity index (χ3n) is 2.14. The van der Waals surface area contributed by atoms with Crippen LogP contribution in [0.3, 0.4) is 0 Å². The van der Waals surface area contributed by atoms with Gasteiger partial charge in [-0.15, -0.1) is 0 Å². The van der Waals surface area contributed by atoms with E-state index in [-0.39, 0.29) is 5.91 Å². The minimum Gasteiger partial charge on any atom is -0.342 e. The standard InChI is InChI=1S/C11H12BrCl2NO/c1-15(6-2-5-12)11(16)9-4-3-8(13)7-10(9)14/h3-4,7H,2,5-6H2,1H3. The number of nitrogens with zero attached hydrogens (tertiary/aromatic N) is 1. The molecule has 0 atom stereocenters. The zero-order valence-corrected chi connectivity index (χ0v) is 11.9. The largest absolute Gasteiger partial charge is 0.342 e. The third-order valence-corrected chi connectivity index (χ3v) is 3.24. The normalized spacial score (nSPS) is 10.2. The molecule has 0 aliphatic heterocycles. The second-order valence-electron chi connectivity index (χ2n) is 3.39. The Morgan fingerprint density at radius 1 is 1.44 bits per heavy atom. The summed E-state index contributed by atoms with van der Waals surface area (Å²) in [4.78, 5) is 13.6. The first-order valence-corrected chi connectivity index (χ1v) is 6.70. The number of amides is 1. The van der Waals surface area contributed by atoms with Crippen LogP contribution >= 0.6 is 39.1 Å². The van der Waals surface area contributed by atoms with Crippen molar-refractivity contribution in [2.45, 2.75) is 6.42 Å². The topological polar surface area (TPSA) is 20.3 Å². The molecule has 0 fully saturated rings. The molecule has 2 nitrogen and oxygen atoms in total. The van der Waals surface area contributed by atoms with Crippen molar-refractivity contribution in [2.75, 3.05) is 18.9 Å². The first-order valence-electron chi connectivity index (χ1n) is 4.82. The van der Waals surface area contributed by atoms with Gasteiger partial charge in [0.25, 0.3) is 5.91 Å². The monoisotopic (exact) mass is 323 g/mol. The van der Waals surface area contributed by atoms with Crippen molar-refractivity contribution in [1.29, 1.82) is 0 Å². The molecule has 1 aromatic carbocycles. The first-order chi connectivity index (χ1) is 7.56. The zero-order chi connectivity index (χ0) is 12.1. The van der Waals surface area contributed by atoms with Crippen LogP contribution in [0.4, 0.5) is 0 Å². The van der Waals surface area contributed by atoms with Crippen molar-refractivity contribution < 1.29 is 4.79 Å². The molecule has 5 heteroatoms. The fraction of sp³-hybridized carbons (Fsp3) is 0.364. The van der Waals surface area contributed by atoms with Crippen LogP contribution in [0, 0.1) is 0 Å². The van der Waals surface area contributed by atoms with E-state index in [1.165, 1.54) is 0 Å². The Bertz CT molecular complexity index is 384. The van der Waals surface area contributed by atoms with E-state index in [4.69, 9.17) is 23.2 Å². The molecule has 1 amide bonds. The summed E-state index contributed by atoms with van der Waals surface area (Å²) in [6, 6.07) is 4.89. The van der Waals surface area contributed by atoms with Gasteiger partial charge in [-0.3, -0.25) is 4.79 Å². The van der Waals surface area contributed by atoms with Crippen LogP contribution < -0.4 is 0 Å². The fourth-order valence-electron chi connectivity index (χ4n) is 1.27. The Balaban J connectivity index is 2.79. The number of hydrogen-bond acceptors (Lipinski definition) is 1. The van der Waals surface area contributed by atoms with Crippen LogP contribution in [-0.2, 0) is 0 Å². The minimum atomic E-state index is -0.0809. The molecule has 0 unspecified atom stereocenters. The van der Waals surface area contributed by atoms with Gasteiger partial charge in [0.15, 0.2) is 0 Å². The van der Waals surface area contributed by atoms with E-state index < -0.39 is 0 Å². The molecule has 0 bridgehead atoms. The van der Waals surface area contributed by atoms with Gasteiger partial charge in [-0.2, -0.15) is 0 Å². The van der Waals surface area contributed by atoms with Crippen LogP contribution in [0.15, 0.2) is 18.2 Å². The van der Waals surface area contributed by atoms with Crippen molar-refractivity contribution in [3.05, 3.63) is 33.8 Å². The number of rotatable bonds is 4. The lowest BCUT2D eigenvalue weighted by atomic mass is 10.2. The number of carbonyl (C=O) groups excluding carboxylic acids is 1. The summed E-state index contributed by atoms with van der Waals surface area (Å²) in [7, 11) is 1.76. The molecule has 0 heterocycles. The maximum atomic E-state index is 12.0. The maximum absolute atomic E-state index is 12.0. The minimum absolute atomic E-state index is 0.0809. The molecule has 0 radical (unpaired) electrons. The van der Waals surface area contributed by atoms with Gasteiger partial charge in [-0.05, 0) is 24.6 Å². The molecule has 1 rings (SSSR count). The molecular weight excluding hydrogens is 313 g/mol. The van der Waals surface area contributed by atoms with Crippen molar-refractivity contribution in [3.8, 4) is 0 Å². The van der Waals surface area contributed by atoms with E-state index in [1.807, 2.05) is 0 Å². The Labute approximate surface area is 114 Å². The highest BCUT2D eigenvalue weighted by atomic mass is 79.9. The Hall–Kier alpha value is -0.250. The number of carbonyl (C=O) groups is 1. The second-order valence-corrected chi connectivity index (χ2v) is 5.03. The van der Waals surface area contributed by atoms with E-state index in [0.717, 1.165) is 11.8 Å². The maximum Gasteiger partial charge on any atom is 0.255 e. The number of alkyl halides is 1. The predicted molar refractivity (Wildman–Crippen MR) is 71.8 cm³/mol. The van der Waals surface area contributed by atoms with Crippen molar-refractivity contribution >= 4 is 45.0 Å². The average molecular weight is 325 g/mol. The molecule has 0 aliphatic rings. The van der Waals surface area contributed by atoms with Gasteiger partial charge >= 0.3 is 0 Å². The first kappa shape index (κ1) is 13.8. The summed E-state index contributed by atoms with van der Waals surface area (Å²) in [5.74, 6) is -0.0809. The molecule has 88 valence electrons. The summed E-state index contributed by atoms with van der Waals surface area (Å²) in [6.45, 7) is 0.697. The summed E-state index contributed by atoms with van der Waals surface area (Å²) >= 11 is 15.1. The molecule has 1 aromatic rings. The number of benzene rings is 1. The van der Waals surface area contributed by atoms with E-state index >= 15 is 0 Å². The molecule has 0 saturated carbocycles. The van der Waals surface area contributed by atoms with Crippen LogP contribution in [-0.4, -0.2) is 29.7 Å². The van der Waals surface area contributed by atoms with Gasteiger partial charge < -0.3 is 4.90 Å². The molecule has 0 aliphatic carbocycles. The molecule has 16 heavy (non-hydrogen) atoms. The van der Waals surface area contributed by atoms with Crippen molar-refractivity contribution in [2.24, 2.45) is 0 Å². The van der Waals surface area contributed by atoms with Gasteiger partial charge in [0.1, 0.15) is 0 Å². The van der Waals surface area contributed by atoms with E-state index in [1.54, 1.807) is 30.1 Å². The molecule has 0 N–H and O–H groups in total. The second kappa shape index (κ2) is 6.48. The van der Waals surface area contributed by atoms with E-state index in [2.05, 4.69) is 15.9 Å².